The summed E-state index contributed by atoms with van der Waals surface area (Å²) in [5, 5.41) is 0.882. The molecule has 1 aliphatic heterocycles. The van der Waals surface area contributed by atoms with Crippen LogP contribution in [-0.2, 0) is 11.8 Å². The van der Waals surface area contributed by atoms with E-state index in [-0.39, 0.29) is 11.9 Å². The van der Waals surface area contributed by atoms with Crippen molar-refractivity contribution in [2.24, 2.45) is 17.8 Å². The van der Waals surface area contributed by atoms with Gasteiger partial charge in [-0.3, -0.25) is 9.69 Å². The maximum atomic E-state index is 11.7. The zero-order chi connectivity index (χ0) is 12.6. The van der Waals surface area contributed by atoms with E-state index in [0.29, 0.717) is 11.4 Å². The third-order valence-corrected chi connectivity index (χ3v) is 3.17. The Hall–Kier alpha value is -1.76. The van der Waals surface area contributed by atoms with Crippen molar-refractivity contribution in [1.29, 1.82) is 0 Å². The van der Waals surface area contributed by atoms with Gasteiger partial charge >= 0.3 is 0 Å². The molecule has 1 amide bonds. The lowest BCUT2D eigenvalue weighted by atomic mass is 10.3. The van der Waals surface area contributed by atoms with E-state index in [1.807, 2.05) is 24.1 Å². The summed E-state index contributed by atoms with van der Waals surface area (Å²) in [6.07, 6.45) is 5.43. The Balaban J connectivity index is 2.34. The summed E-state index contributed by atoms with van der Waals surface area (Å²) in [5.41, 5.74) is 6.58. The fourth-order valence-corrected chi connectivity index (χ4v) is 2.02. The van der Waals surface area contributed by atoms with Crippen LogP contribution in [0.4, 0.5) is 0 Å². The van der Waals surface area contributed by atoms with E-state index < -0.39 is 0 Å². The van der Waals surface area contributed by atoms with Crippen LogP contribution in [0.25, 0.3) is 6.08 Å². The number of aliphatic imine (C=N–C) groups is 1. The minimum Gasteiger partial charge on any atom is -0.369 e. The third kappa shape index (κ3) is 2.05. The summed E-state index contributed by atoms with van der Waals surface area (Å²) in [4.78, 5) is 21.3. The highest BCUT2D eigenvalue weighted by atomic mass is 32.2. The van der Waals surface area contributed by atoms with E-state index in [1.54, 1.807) is 24.9 Å². The number of nitrogens with zero attached hydrogens (tertiary/aromatic N) is 4. The molecule has 7 heteroatoms. The van der Waals surface area contributed by atoms with Gasteiger partial charge in [0.2, 0.25) is 5.96 Å². The molecule has 0 saturated heterocycles. The average molecular weight is 251 g/mol. The van der Waals surface area contributed by atoms with Gasteiger partial charge in [-0.15, -0.1) is 0 Å². The number of carbonyl (C=O) groups excluding carboxylic acids is 1. The number of hydrogen-bond acceptors (Lipinski definition) is 5. The first kappa shape index (κ1) is 11.7. The molecule has 1 aromatic heterocycles. The molecule has 2 heterocycles. The molecule has 1 aliphatic rings. The van der Waals surface area contributed by atoms with Gasteiger partial charge in [0.05, 0.1) is 5.69 Å². The van der Waals surface area contributed by atoms with Crippen LogP contribution in [0.5, 0.6) is 0 Å². The minimum absolute atomic E-state index is 0.209. The standard InChI is InChI=1S/C10H13N5OS/c1-14-5-6(12-10(14)17-3)4-7-8(16)15(2)9(11)13-7/h4-5H,1-3H3,(H2,11,13)/b7-4-. The molecule has 0 atom stereocenters. The Morgan fingerprint density at radius 3 is 2.65 bits per heavy atom. The number of likely N-dealkylation sites (N-methyl/N-ethyl adjacent to an activating group) is 1. The lowest BCUT2D eigenvalue weighted by Gasteiger charge is -2.05. The van der Waals surface area contributed by atoms with Gasteiger partial charge in [-0.1, -0.05) is 11.8 Å². The number of nitrogens with two attached hydrogens (primary N) is 1. The van der Waals surface area contributed by atoms with Crippen LogP contribution < -0.4 is 5.73 Å². The Labute approximate surface area is 103 Å². The summed E-state index contributed by atoms with van der Waals surface area (Å²) in [6.45, 7) is 0. The van der Waals surface area contributed by atoms with Gasteiger partial charge in [0.25, 0.3) is 5.91 Å². The molecule has 0 fully saturated rings. The van der Waals surface area contributed by atoms with Crippen LogP contribution in [0.1, 0.15) is 5.69 Å². The third-order valence-electron chi connectivity index (χ3n) is 2.42. The first-order chi connectivity index (χ1) is 8.02. The van der Waals surface area contributed by atoms with Gasteiger partial charge in [0, 0.05) is 20.3 Å². The second kappa shape index (κ2) is 4.25. The number of hydrogen-bond donors (Lipinski definition) is 1. The Morgan fingerprint density at radius 2 is 2.18 bits per heavy atom. The molecule has 2 rings (SSSR count). The van der Waals surface area contributed by atoms with Gasteiger partial charge < -0.3 is 10.3 Å². The Kier molecular flexibility index (Phi) is 2.93. The summed E-state index contributed by atoms with van der Waals surface area (Å²) in [5.74, 6) is 0.00104. The topological polar surface area (TPSA) is 76.5 Å². The molecule has 17 heavy (non-hydrogen) atoms. The van der Waals surface area contributed by atoms with Gasteiger partial charge in [-0.2, -0.15) is 0 Å². The van der Waals surface area contributed by atoms with E-state index in [4.69, 9.17) is 5.73 Å². The monoisotopic (exact) mass is 251 g/mol. The van der Waals surface area contributed by atoms with Crippen molar-refractivity contribution in [3.05, 3.63) is 17.6 Å². The predicted molar refractivity (Wildman–Crippen MR) is 67.4 cm³/mol. The minimum atomic E-state index is -0.209. The second-order valence-corrected chi connectivity index (χ2v) is 4.40. The Morgan fingerprint density at radius 1 is 1.47 bits per heavy atom. The van der Waals surface area contributed by atoms with Crippen molar-refractivity contribution in [2.75, 3.05) is 13.3 Å². The van der Waals surface area contributed by atoms with Crippen LogP contribution in [-0.4, -0.2) is 39.6 Å². The highest BCUT2D eigenvalue weighted by molar-refractivity contribution is 7.98. The van der Waals surface area contributed by atoms with Crippen LogP contribution in [0.3, 0.4) is 0 Å². The molecule has 2 N–H and O–H groups in total. The highest BCUT2D eigenvalue weighted by Gasteiger charge is 2.24. The number of guanidine groups is 1. The summed E-state index contributed by atoms with van der Waals surface area (Å²) >= 11 is 1.54. The lowest BCUT2D eigenvalue weighted by Crippen LogP contribution is -2.33. The van der Waals surface area contributed by atoms with Crippen LogP contribution in [0, 0.1) is 0 Å². The molecule has 0 saturated carbocycles. The van der Waals surface area contributed by atoms with Gasteiger partial charge in [-0.05, 0) is 12.3 Å². The SMILES string of the molecule is CSc1nc(/C=C2\N=C(N)N(C)C2=O)cn1C. The van der Waals surface area contributed by atoms with E-state index >= 15 is 0 Å². The molecule has 0 bridgehead atoms. The molecular weight excluding hydrogens is 238 g/mol. The average Bonchev–Trinajstić information content (AvgIpc) is 2.76. The fourth-order valence-electron chi connectivity index (χ4n) is 1.49. The molecule has 0 unspecified atom stereocenters. The quantitative estimate of drug-likeness (QED) is 0.604. The van der Waals surface area contributed by atoms with E-state index in [9.17, 15) is 4.79 Å². The molecule has 0 radical (unpaired) electrons. The number of rotatable bonds is 2. The number of aryl methyl sites for hydroxylation is 1. The predicted octanol–water partition coefficient (Wildman–Crippen LogP) is 0.270. The van der Waals surface area contributed by atoms with Gasteiger partial charge in [0.15, 0.2) is 5.16 Å². The van der Waals surface area contributed by atoms with Crippen molar-refractivity contribution in [3.63, 3.8) is 0 Å². The van der Waals surface area contributed by atoms with Crippen molar-refractivity contribution in [3.8, 4) is 0 Å². The first-order valence-corrected chi connectivity index (χ1v) is 6.16. The molecule has 0 spiro atoms. The highest BCUT2D eigenvalue weighted by Crippen LogP contribution is 2.18. The zero-order valence-electron chi connectivity index (χ0n) is 9.84. The van der Waals surface area contributed by atoms with Crippen LogP contribution in [0.15, 0.2) is 22.0 Å². The smallest absolute Gasteiger partial charge is 0.279 e. The maximum absolute atomic E-state index is 11.7. The molecule has 0 aliphatic carbocycles. The Bertz CT molecular complexity index is 531. The van der Waals surface area contributed by atoms with Crippen molar-refractivity contribution in [2.45, 2.75) is 5.16 Å². The number of aromatic nitrogens is 2. The van der Waals surface area contributed by atoms with Crippen molar-refractivity contribution < 1.29 is 4.79 Å². The summed E-state index contributed by atoms with van der Waals surface area (Å²) < 4.78 is 1.90. The number of thioether (sulfide) groups is 1. The normalized spacial score (nSPS) is 18.1. The molecule has 6 nitrogen and oxygen atoms in total. The molecule has 1 aromatic rings. The number of imidazole rings is 1. The zero-order valence-corrected chi connectivity index (χ0v) is 10.7. The lowest BCUT2D eigenvalue weighted by molar-refractivity contribution is -0.121. The fraction of sp³-hybridized carbons (Fsp3) is 0.300. The van der Waals surface area contributed by atoms with E-state index in [2.05, 4.69) is 9.98 Å². The van der Waals surface area contributed by atoms with E-state index in [1.165, 1.54) is 4.90 Å². The number of carbonyl (C=O) groups is 1. The van der Waals surface area contributed by atoms with E-state index in [0.717, 1.165) is 5.16 Å². The first-order valence-electron chi connectivity index (χ1n) is 4.94. The molecule has 90 valence electrons. The molecular formula is C10H13N5OS. The molecule has 0 aromatic carbocycles. The van der Waals surface area contributed by atoms with Gasteiger partial charge in [-0.25, -0.2) is 9.98 Å². The maximum Gasteiger partial charge on any atom is 0.279 e. The van der Waals surface area contributed by atoms with Gasteiger partial charge in [0.1, 0.15) is 5.70 Å². The second-order valence-electron chi connectivity index (χ2n) is 3.63. The van der Waals surface area contributed by atoms with Crippen LogP contribution >= 0.6 is 11.8 Å². The van der Waals surface area contributed by atoms with Crippen molar-refractivity contribution in [1.82, 2.24) is 14.5 Å². The summed E-state index contributed by atoms with van der Waals surface area (Å²) in [7, 11) is 3.49. The largest absolute Gasteiger partial charge is 0.369 e. The summed E-state index contributed by atoms with van der Waals surface area (Å²) in [6, 6.07) is 0. The van der Waals surface area contributed by atoms with Crippen LogP contribution in [0.2, 0.25) is 0 Å². The van der Waals surface area contributed by atoms with Crippen molar-refractivity contribution >= 4 is 29.7 Å². The number of amides is 1.